The zero-order chi connectivity index (χ0) is 30.5. The lowest BCUT2D eigenvalue weighted by Gasteiger charge is -2.05. The first kappa shape index (κ1) is 42.0. The molecule has 0 rings (SSSR count). The summed E-state index contributed by atoms with van der Waals surface area (Å²) in [7, 11) is 0. The van der Waals surface area contributed by atoms with E-state index in [1.165, 1.54) is 167 Å². The van der Waals surface area contributed by atoms with Crippen LogP contribution in [0.1, 0.15) is 219 Å². The smallest absolute Gasteiger partial charge is 0.226 e. The van der Waals surface area contributed by atoms with Gasteiger partial charge in [0.15, 0.2) is 0 Å². The molecule has 0 atom stereocenters. The van der Waals surface area contributed by atoms with Crippen molar-refractivity contribution in [3.8, 4) is 0 Å². The number of nitrogens with one attached hydrogen (secondary N) is 1. The summed E-state index contributed by atoms with van der Waals surface area (Å²) in [5.41, 5.74) is 0. The monoisotopic (exact) mass is 578 g/mol. The first-order chi connectivity index (χ1) is 20.2. The van der Waals surface area contributed by atoms with Gasteiger partial charge in [0.25, 0.3) is 0 Å². The Hall–Kier alpha value is -1.12. The Bertz CT molecular complexity index is 474. The van der Waals surface area contributed by atoms with Gasteiger partial charge < -0.3 is 0 Å². The van der Waals surface area contributed by atoms with E-state index in [1.807, 2.05) is 0 Å². The molecule has 0 aliphatic carbocycles. The number of hydrogen-bond acceptors (Lipinski definition) is 2. The van der Waals surface area contributed by atoms with E-state index in [9.17, 15) is 9.59 Å². The summed E-state index contributed by atoms with van der Waals surface area (Å²) < 4.78 is 0. The Labute approximate surface area is 258 Å². The van der Waals surface area contributed by atoms with Gasteiger partial charge in [0.2, 0.25) is 11.8 Å². The van der Waals surface area contributed by atoms with Crippen LogP contribution >= 0.6 is 0 Å². The van der Waals surface area contributed by atoms with Gasteiger partial charge in [-0.2, -0.15) is 0 Å². The Morgan fingerprint density at radius 2 is 0.512 bits per heavy atom. The molecule has 0 saturated carbocycles. The molecule has 0 aliphatic rings. The summed E-state index contributed by atoms with van der Waals surface area (Å²) >= 11 is 0. The molecule has 2 amide bonds. The molecule has 0 aliphatic heterocycles. The van der Waals surface area contributed by atoms with E-state index in [1.54, 1.807) is 0 Å². The fourth-order valence-corrected chi connectivity index (χ4v) is 5.59. The Morgan fingerprint density at radius 3 is 0.707 bits per heavy atom. The molecule has 0 bridgehead atoms. The number of hydrogen-bond donors (Lipinski definition) is 1. The van der Waals surface area contributed by atoms with Gasteiger partial charge in [0.1, 0.15) is 0 Å². The highest BCUT2D eigenvalue weighted by Crippen LogP contribution is 2.15. The lowest BCUT2D eigenvalue weighted by Crippen LogP contribution is -2.29. The lowest BCUT2D eigenvalue weighted by atomic mass is 10.0. The molecular weight excluding hydrogens is 502 g/mol. The van der Waals surface area contributed by atoms with Crippen LogP contribution < -0.4 is 5.32 Å². The van der Waals surface area contributed by atoms with E-state index < -0.39 is 0 Å². The summed E-state index contributed by atoms with van der Waals surface area (Å²) in [6.45, 7) is 10.6. The fourth-order valence-electron chi connectivity index (χ4n) is 5.59. The number of amides is 2. The van der Waals surface area contributed by atoms with Crippen molar-refractivity contribution in [3.63, 3.8) is 0 Å². The molecule has 0 spiro atoms. The van der Waals surface area contributed by atoms with Crippen LogP contribution in [0.25, 0.3) is 0 Å². The average molecular weight is 578 g/mol. The molecule has 3 heteroatoms. The Kier molecular flexibility index (Phi) is 39.8. The van der Waals surface area contributed by atoms with Crippen LogP contribution in [0.15, 0.2) is 13.2 Å². The first-order valence-electron chi connectivity index (χ1n) is 18.5. The molecule has 0 aromatic rings. The van der Waals surface area contributed by atoms with Crippen LogP contribution in [0.4, 0.5) is 0 Å². The summed E-state index contributed by atoms with van der Waals surface area (Å²) in [4.78, 5) is 24.0. The third kappa shape index (κ3) is 38.9. The number of carbonyl (C=O) groups is 2. The van der Waals surface area contributed by atoms with Crippen molar-refractivity contribution in [2.24, 2.45) is 0 Å². The second kappa shape index (κ2) is 38.9. The predicted molar refractivity (Wildman–Crippen MR) is 183 cm³/mol. The van der Waals surface area contributed by atoms with Crippen molar-refractivity contribution in [1.82, 2.24) is 5.32 Å². The van der Waals surface area contributed by atoms with Gasteiger partial charge in [0.05, 0.1) is 0 Å². The van der Waals surface area contributed by atoms with Crippen LogP contribution in [0.2, 0.25) is 0 Å². The molecule has 0 radical (unpaired) electrons. The molecule has 0 saturated heterocycles. The first-order valence-corrected chi connectivity index (χ1v) is 18.5. The number of imide groups is 1. The minimum Gasteiger partial charge on any atom is -0.296 e. The maximum absolute atomic E-state index is 12.0. The predicted octanol–water partition coefficient (Wildman–Crippen LogP) is 13.0. The number of unbranched alkanes of at least 4 members (excludes halogenated alkanes) is 28. The maximum Gasteiger partial charge on any atom is 0.226 e. The van der Waals surface area contributed by atoms with Crippen molar-refractivity contribution in [2.45, 2.75) is 219 Å². The highest BCUT2D eigenvalue weighted by Gasteiger charge is 2.07. The molecule has 0 heterocycles. The SMILES string of the molecule is C=C.CCCCCCCCCCCCCCCCCC(=O)NC(=O)CCCCCCCCCCCCCCCCC. The van der Waals surface area contributed by atoms with E-state index in [0.717, 1.165) is 25.7 Å². The molecule has 0 aromatic carbocycles. The zero-order valence-electron chi connectivity index (χ0n) is 28.4. The fraction of sp³-hybridized carbons (Fsp3) is 0.895. The van der Waals surface area contributed by atoms with E-state index in [2.05, 4.69) is 32.3 Å². The molecule has 0 fully saturated rings. The number of rotatable bonds is 32. The minimum absolute atomic E-state index is 0.0735. The van der Waals surface area contributed by atoms with Gasteiger partial charge in [-0.1, -0.05) is 194 Å². The van der Waals surface area contributed by atoms with Crippen LogP contribution in [-0.4, -0.2) is 11.8 Å². The summed E-state index contributed by atoms with van der Waals surface area (Å²) in [5.74, 6) is -0.147. The van der Waals surface area contributed by atoms with Crippen LogP contribution in [0.5, 0.6) is 0 Å². The molecule has 0 unspecified atom stereocenters. The van der Waals surface area contributed by atoms with Gasteiger partial charge >= 0.3 is 0 Å². The van der Waals surface area contributed by atoms with Crippen molar-refractivity contribution in [1.29, 1.82) is 0 Å². The normalized spacial score (nSPS) is 10.8. The van der Waals surface area contributed by atoms with Crippen molar-refractivity contribution < 1.29 is 9.59 Å². The van der Waals surface area contributed by atoms with Crippen molar-refractivity contribution in [2.75, 3.05) is 0 Å². The molecule has 3 nitrogen and oxygen atoms in total. The molecular formula is C38H75NO2. The van der Waals surface area contributed by atoms with Gasteiger partial charge in [-0.3, -0.25) is 14.9 Å². The van der Waals surface area contributed by atoms with Gasteiger partial charge in [-0.25, -0.2) is 0 Å². The summed E-state index contributed by atoms with van der Waals surface area (Å²) in [6, 6.07) is 0. The van der Waals surface area contributed by atoms with Crippen molar-refractivity contribution in [3.05, 3.63) is 13.2 Å². The van der Waals surface area contributed by atoms with Crippen LogP contribution in [0, 0.1) is 0 Å². The number of carbonyl (C=O) groups excluding carboxylic acids is 2. The lowest BCUT2D eigenvalue weighted by molar-refractivity contribution is -0.130. The van der Waals surface area contributed by atoms with Crippen molar-refractivity contribution >= 4 is 11.8 Å². The molecule has 0 aromatic heterocycles. The van der Waals surface area contributed by atoms with E-state index in [0.29, 0.717) is 12.8 Å². The maximum atomic E-state index is 12.0. The largest absolute Gasteiger partial charge is 0.296 e. The molecule has 41 heavy (non-hydrogen) atoms. The second-order valence-electron chi connectivity index (χ2n) is 12.4. The third-order valence-corrected chi connectivity index (χ3v) is 8.29. The second-order valence-corrected chi connectivity index (χ2v) is 12.4. The highest BCUT2D eigenvalue weighted by atomic mass is 16.2. The topological polar surface area (TPSA) is 46.2 Å². The zero-order valence-corrected chi connectivity index (χ0v) is 28.4. The Balaban J connectivity index is 0. The van der Waals surface area contributed by atoms with Crippen LogP contribution in [-0.2, 0) is 9.59 Å². The van der Waals surface area contributed by atoms with Gasteiger partial charge in [0, 0.05) is 12.8 Å². The summed E-state index contributed by atoms with van der Waals surface area (Å²) in [5, 5.41) is 2.60. The quantitative estimate of drug-likeness (QED) is 0.0638. The van der Waals surface area contributed by atoms with Crippen LogP contribution in [0.3, 0.4) is 0 Å². The minimum atomic E-state index is -0.0735. The van der Waals surface area contributed by atoms with E-state index >= 15 is 0 Å². The molecule has 244 valence electrons. The standard InChI is InChI=1S/C36H71NO2.C2H4/c1-3-5-7-9-11-13-15-17-19-21-23-25-27-29-31-33-35(38)37-36(39)34-32-30-28-26-24-22-20-18-16-14-12-10-8-6-4-2;1-2/h3-34H2,1-2H3,(H,37,38,39);1-2H2. The van der Waals surface area contributed by atoms with Gasteiger partial charge in [-0.05, 0) is 12.8 Å². The Morgan fingerprint density at radius 1 is 0.341 bits per heavy atom. The van der Waals surface area contributed by atoms with E-state index in [4.69, 9.17) is 0 Å². The average Bonchev–Trinajstić information content (AvgIpc) is 2.98. The van der Waals surface area contributed by atoms with Gasteiger partial charge in [-0.15, -0.1) is 13.2 Å². The highest BCUT2D eigenvalue weighted by molar-refractivity contribution is 5.95. The summed E-state index contributed by atoms with van der Waals surface area (Å²) in [6.07, 6.45) is 40.8. The third-order valence-electron chi connectivity index (χ3n) is 8.29. The van der Waals surface area contributed by atoms with E-state index in [-0.39, 0.29) is 11.8 Å². The molecule has 1 N–H and O–H groups in total.